The Morgan fingerprint density at radius 2 is 2.17 bits per heavy atom. The average molecular weight is 253 g/mol. The van der Waals surface area contributed by atoms with E-state index in [2.05, 4.69) is 0 Å². The summed E-state index contributed by atoms with van der Waals surface area (Å²) >= 11 is 0. The van der Waals surface area contributed by atoms with Crippen LogP contribution in [0.15, 0.2) is 18.2 Å². The van der Waals surface area contributed by atoms with Gasteiger partial charge in [0, 0.05) is 24.3 Å². The fraction of sp³-hybridized carbons (Fsp3) is 0.571. The van der Waals surface area contributed by atoms with Crippen LogP contribution in [0.5, 0.6) is 0 Å². The third-order valence-corrected chi connectivity index (χ3v) is 3.70. The van der Waals surface area contributed by atoms with Crippen LogP contribution in [0.1, 0.15) is 31.9 Å². The van der Waals surface area contributed by atoms with Crippen LogP contribution in [-0.4, -0.2) is 29.4 Å². The van der Waals surface area contributed by atoms with E-state index in [4.69, 9.17) is 0 Å². The highest BCUT2D eigenvalue weighted by atomic mass is 19.1. The maximum absolute atomic E-state index is 13.2. The molecule has 2 N–H and O–H groups in total. The van der Waals surface area contributed by atoms with E-state index in [1.54, 1.807) is 13.0 Å². The van der Waals surface area contributed by atoms with E-state index in [1.165, 1.54) is 12.1 Å². The first-order valence-electron chi connectivity index (χ1n) is 6.39. The van der Waals surface area contributed by atoms with Gasteiger partial charge in [0.15, 0.2) is 0 Å². The second-order valence-electron chi connectivity index (χ2n) is 5.16. The molecule has 0 aliphatic carbocycles. The molecule has 0 radical (unpaired) electrons. The first-order chi connectivity index (χ1) is 8.49. The summed E-state index contributed by atoms with van der Waals surface area (Å²) in [5.74, 6) is -0.0581. The monoisotopic (exact) mass is 253 g/mol. The molecule has 100 valence electrons. The minimum Gasteiger partial charge on any atom is -0.391 e. The lowest BCUT2D eigenvalue weighted by atomic mass is 9.94. The number of rotatable bonds is 2. The Morgan fingerprint density at radius 3 is 2.78 bits per heavy atom. The van der Waals surface area contributed by atoms with Crippen molar-refractivity contribution in [2.24, 2.45) is 5.92 Å². The predicted octanol–water partition coefficient (Wildman–Crippen LogP) is 2.09. The molecule has 1 heterocycles. The van der Waals surface area contributed by atoms with Gasteiger partial charge < -0.3 is 15.1 Å². The number of piperidine rings is 1. The number of halogens is 1. The molecule has 1 fully saturated rings. The highest BCUT2D eigenvalue weighted by Crippen LogP contribution is 2.30. The van der Waals surface area contributed by atoms with Crippen LogP contribution in [-0.2, 0) is 0 Å². The van der Waals surface area contributed by atoms with Gasteiger partial charge in [0.05, 0.1) is 12.2 Å². The van der Waals surface area contributed by atoms with E-state index in [0.717, 1.165) is 18.7 Å². The highest BCUT2D eigenvalue weighted by Gasteiger charge is 2.26. The molecule has 2 unspecified atom stereocenters. The summed E-state index contributed by atoms with van der Waals surface area (Å²) < 4.78 is 13.2. The standard InChI is InChI=1S/C14H20FNO2/c1-9-5-6-16(8-14(9)18)13-4-3-11(15)7-12(13)10(2)17/h3-4,7,9-10,14,17-18H,5-6,8H2,1-2H3/t9?,10-,14?/m1/s1. The van der Waals surface area contributed by atoms with Crippen LogP contribution in [0.25, 0.3) is 0 Å². The zero-order valence-corrected chi connectivity index (χ0v) is 10.8. The number of nitrogens with zero attached hydrogens (tertiary/aromatic N) is 1. The maximum Gasteiger partial charge on any atom is 0.123 e. The lowest BCUT2D eigenvalue weighted by Crippen LogP contribution is -2.43. The zero-order chi connectivity index (χ0) is 13.3. The van der Waals surface area contributed by atoms with Crippen molar-refractivity contribution in [1.29, 1.82) is 0 Å². The summed E-state index contributed by atoms with van der Waals surface area (Å²) in [6.45, 7) is 5.01. The molecule has 1 aliphatic heterocycles. The van der Waals surface area contributed by atoms with Crippen molar-refractivity contribution in [2.75, 3.05) is 18.0 Å². The van der Waals surface area contributed by atoms with Gasteiger partial charge in [-0.05, 0) is 37.5 Å². The first kappa shape index (κ1) is 13.3. The molecule has 1 saturated heterocycles. The Balaban J connectivity index is 2.28. The molecule has 3 nitrogen and oxygen atoms in total. The first-order valence-corrected chi connectivity index (χ1v) is 6.39. The number of β-amino-alcohol motifs (C(OH)–C–C–N with tert-alkyl or cyclic N) is 1. The fourth-order valence-electron chi connectivity index (χ4n) is 2.42. The zero-order valence-electron chi connectivity index (χ0n) is 10.8. The van der Waals surface area contributed by atoms with Gasteiger partial charge in [-0.3, -0.25) is 0 Å². The normalized spacial score (nSPS) is 26.2. The van der Waals surface area contributed by atoms with E-state index in [-0.39, 0.29) is 17.8 Å². The minimum atomic E-state index is -0.716. The average Bonchev–Trinajstić information content (AvgIpc) is 2.32. The number of aliphatic hydroxyl groups excluding tert-OH is 2. The second kappa shape index (κ2) is 5.24. The van der Waals surface area contributed by atoms with Gasteiger partial charge in [-0.15, -0.1) is 0 Å². The molecule has 3 atom stereocenters. The molecule has 18 heavy (non-hydrogen) atoms. The van der Waals surface area contributed by atoms with Gasteiger partial charge in [0.2, 0.25) is 0 Å². The SMILES string of the molecule is CC1CCN(c2ccc(F)cc2[C@@H](C)O)CC1O. The highest BCUT2D eigenvalue weighted by molar-refractivity contribution is 5.55. The fourth-order valence-corrected chi connectivity index (χ4v) is 2.42. The topological polar surface area (TPSA) is 43.7 Å². The van der Waals surface area contributed by atoms with Crippen molar-refractivity contribution in [2.45, 2.75) is 32.5 Å². The lowest BCUT2D eigenvalue weighted by Gasteiger charge is -2.37. The van der Waals surface area contributed by atoms with Crippen LogP contribution in [0, 0.1) is 11.7 Å². The van der Waals surface area contributed by atoms with Crippen molar-refractivity contribution in [3.63, 3.8) is 0 Å². The lowest BCUT2D eigenvalue weighted by molar-refractivity contribution is 0.102. The van der Waals surface area contributed by atoms with Gasteiger partial charge in [-0.2, -0.15) is 0 Å². The molecule has 0 saturated carbocycles. The van der Waals surface area contributed by atoms with Crippen molar-refractivity contribution in [1.82, 2.24) is 0 Å². The second-order valence-corrected chi connectivity index (χ2v) is 5.16. The minimum absolute atomic E-state index is 0.289. The predicted molar refractivity (Wildman–Crippen MR) is 69.0 cm³/mol. The number of aliphatic hydroxyl groups is 2. The molecule has 1 aromatic carbocycles. The van der Waals surface area contributed by atoms with Gasteiger partial charge in [-0.1, -0.05) is 6.92 Å². The Labute approximate surface area is 107 Å². The number of benzene rings is 1. The van der Waals surface area contributed by atoms with Crippen molar-refractivity contribution >= 4 is 5.69 Å². The molecule has 1 aliphatic rings. The molecular weight excluding hydrogens is 233 g/mol. The summed E-state index contributed by atoms with van der Waals surface area (Å²) in [5.41, 5.74) is 1.40. The summed E-state index contributed by atoms with van der Waals surface area (Å²) in [6, 6.07) is 4.44. The summed E-state index contributed by atoms with van der Waals surface area (Å²) in [6.07, 6.45) is -0.185. The number of anilines is 1. The number of hydrogen-bond donors (Lipinski definition) is 2. The van der Waals surface area contributed by atoms with Gasteiger partial charge in [-0.25, -0.2) is 4.39 Å². The van der Waals surface area contributed by atoms with Crippen LogP contribution < -0.4 is 4.90 Å². The summed E-state index contributed by atoms with van der Waals surface area (Å²) in [4.78, 5) is 2.02. The molecule has 0 bridgehead atoms. The molecule has 4 heteroatoms. The van der Waals surface area contributed by atoms with Gasteiger partial charge in [0.25, 0.3) is 0 Å². The molecule has 2 rings (SSSR count). The van der Waals surface area contributed by atoms with E-state index in [0.29, 0.717) is 12.1 Å². The third kappa shape index (κ3) is 2.65. The van der Waals surface area contributed by atoms with Crippen LogP contribution in [0.2, 0.25) is 0 Å². The molecule has 0 spiro atoms. The van der Waals surface area contributed by atoms with Gasteiger partial charge in [0.1, 0.15) is 5.82 Å². The van der Waals surface area contributed by atoms with E-state index >= 15 is 0 Å². The van der Waals surface area contributed by atoms with Crippen molar-refractivity contribution in [3.8, 4) is 0 Å². The smallest absolute Gasteiger partial charge is 0.123 e. The summed E-state index contributed by atoms with van der Waals surface area (Å²) in [7, 11) is 0. The van der Waals surface area contributed by atoms with Crippen LogP contribution >= 0.6 is 0 Å². The van der Waals surface area contributed by atoms with E-state index in [9.17, 15) is 14.6 Å². The van der Waals surface area contributed by atoms with Crippen molar-refractivity contribution < 1.29 is 14.6 Å². The Kier molecular flexibility index (Phi) is 3.88. The van der Waals surface area contributed by atoms with Crippen LogP contribution in [0.3, 0.4) is 0 Å². The van der Waals surface area contributed by atoms with E-state index < -0.39 is 6.10 Å². The molecule has 0 amide bonds. The van der Waals surface area contributed by atoms with Gasteiger partial charge >= 0.3 is 0 Å². The Hall–Kier alpha value is -1.13. The number of hydrogen-bond acceptors (Lipinski definition) is 3. The van der Waals surface area contributed by atoms with Crippen molar-refractivity contribution in [3.05, 3.63) is 29.6 Å². The molecular formula is C14H20FNO2. The molecule has 0 aromatic heterocycles. The maximum atomic E-state index is 13.2. The summed E-state index contributed by atoms with van der Waals surface area (Å²) in [5, 5.41) is 19.6. The quantitative estimate of drug-likeness (QED) is 0.848. The van der Waals surface area contributed by atoms with E-state index in [1.807, 2.05) is 11.8 Å². The Bertz CT molecular complexity index is 422. The Morgan fingerprint density at radius 1 is 1.44 bits per heavy atom. The molecule has 1 aromatic rings. The largest absolute Gasteiger partial charge is 0.391 e. The third-order valence-electron chi connectivity index (χ3n) is 3.70. The van der Waals surface area contributed by atoms with Crippen LogP contribution in [0.4, 0.5) is 10.1 Å².